The molecule has 0 saturated carbocycles. The van der Waals surface area contributed by atoms with Crippen molar-refractivity contribution in [1.29, 1.82) is 0 Å². The van der Waals surface area contributed by atoms with Crippen molar-refractivity contribution < 1.29 is 18.0 Å². The van der Waals surface area contributed by atoms with E-state index in [0.29, 0.717) is 6.54 Å². The molecule has 120 valence electrons. The SMILES string of the molecule is CNCCN(CC(=O)N(C(C)C)C(C)C)CC(F)(F)F. The molecule has 0 saturated heterocycles. The number of carbonyl (C=O) groups is 1. The van der Waals surface area contributed by atoms with Crippen LogP contribution in [0.1, 0.15) is 27.7 Å². The molecule has 0 aromatic rings. The van der Waals surface area contributed by atoms with Gasteiger partial charge in [0.05, 0.1) is 13.1 Å². The van der Waals surface area contributed by atoms with Crippen molar-refractivity contribution in [2.24, 2.45) is 0 Å². The predicted molar refractivity (Wildman–Crippen MR) is 73.5 cm³/mol. The maximum atomic E-state index is 12.5. The lowest BCUT2D eigenvalue weighted by Gasteiger charge is -2.33. The Balaban J connectivity index is 4.73. The highest BCUT2D eigenvalue weighted by Gasteiger charge is 2.32. The zero-order chi connectivity index (χ0) is 15.9. The van der Waals surface area contributed by atoms with Gasteiger partial charge in [0, 0.05) is 25.2 Å². The minimum atomic E-state index is -4.30. The van der Waals surface area contributed by atoms with Crippen LogP contribution in [0.25, 0.3) is 0 Å². The molecule has 0 bridgehead atoms. The monoisotopic (exact) mass is 297 g/mol. The molecule has 20 heavy (non-hydrogen) atoms. The van der Waals surface area contributed by atoms with Crippen LogP contribution >= 0.6 is 0 Å². The van der Waals surface area contributed by atoms with Crippen molar-refractivity contribution in [2.45, 2.75) is 46.0 Å². The van der Waals surface area contributed by atoms with E-state index in [2.05, 4.69) is 5.32 Å². The minimum Gasteiger partial charge on any atom is -0.337 e. The molecule has 0 aromatic carbocycles. The molecule has 0 spiro atoms. The molecular weight excluding hydrogens is 271 g/mol. The topological polar surface area (TPSA) is 35.6 Å². The minimum absolute atomic E-state index is 0.0282. The van der Waals surface area contributed by atoms with Crippen LogP contribution in [0.5, 0.6) is 0 Å². The summed E-state index contributed by atoms with van der Waals surface area (Å²) in [5.74, 6) is -0.268. The standard InChI is InChI=1S/C13H26F3N3O/c1-10(2)19(11(3)4)12(20)8-18(7-6-17-5)9-13(14,15)16/h10-11,17H,6-9H2,1-5H3. The predicted octanol–water partition coefficient (Wildman–Crippen LogP) is 1.72. The van der Waals surface area contributed by atoms with E-state index in [1.165, 1.54) is 0 Å². The van der Waals surface area contributed by atoms with Gasteiger partial charge in [-0.2, -0.15) is 13.2 Å². The molecule has 0 aliphatic rings. The lowest BCUT2D eigenvalue weighted by atomic mass is 10.2. The van der Waals surface area contributed by atoms with Gasteiger partial charge in [0.1, 0.15) is 0 Å². The molecule has 0 aliphatic carbocycles. The van der Waals surface area contributed by atoms with Crippen LogP contribution in [0.2, 0.25) is 0 Å². The number of hydrogen-bond donors (Lipinski definition) is 1. The Bertz CT molecular complexity index is 285. The van der Waals surface area contributed by atoms with Crippen LogP contribution in [0.15, 0.2) is 0 Å². The van der Waals surface area contributed by atoms with Crippen LogP contribution in [-0.4, -0.2) is 67.2 Å². The first-order chi connectivity index (χ1) is 9.08. The molecule has 0 aromatic heterocycles. The maximum Gasteiger partial charge on any atom is 0.401 e. The summed E-state index contributed by atoms with van der Waals surface area (Å²) in [7, 11) is 1.67. The average molecular weight is 297 g/mol. The average Bonchev–Trinajstić information content (AvgIpc) is 2.22. The van der Waals surface area contributed by atoms with E-state index >= 15 is 0 Å². The summed E-state index contributed by atoms with van der Waals surface area (Å²) in [6, 6.07) is -0.0564. The number of likely N-dealkylation sites (N-methyl/N-ethyl adjacent to an activating group) is 1. The summed E-state index contributed by atoms with van der Waals surface area (Å²) >= 11 is 0. The summed E-state index contributed by atoms with van der Waals surface area (Å²) < 4.78 is 37.5. The van der Waals surface area contributed by atoms with Gasteiger partial charge in [0.15, 0.2) is 0 Å². The Labute approximate surface area is 119 Å². The largest absolute Gasteiger partial charge is 0.401 e. The van der Waals surface area contributed by atoms with E-state index in [4.69, 9.17) is 0 Å². The van der Waals surface area contributed by atoms with Crippen LogP contribution in [0.4, 0.5) is 13.2 Å². The first-order valence-electron chi connectivity index (χ1n) is 6.83. The van der Waals surface area contributed by atoms with Gasteiger partial charge in [-0.05, 0) is 34.7 Å². The van der Waals surface area contributed by atoms with Crippen molar-refractivity contribution in [3.05, 3.63) is 0 Å². The van der Waals surface area contributed by atoms with Gasteiger partial charge in [-0.25, -0.2) is 0 Å². The van der Waals surface area contributed by atoms with Crippen molar-refractivity contribution in [3.8, 4) is 0 Å². The first kappa shape index (κ1) is 19.2. The van der Waals surface area contributed by atoms with Crippen LogP contribution in [-0.2, 0) is 4.79 Å². The normalized spacial score (nSPS) is 12.6. The molecule has 1 N–H and O–H groups in total. The second kappa shape index (κ2) is 8.46. The van der Waals surface area contributed by atoms with E-state index < -0.39 is 12.7 Å². The van der Waals surface area contributed by atoms with Crippen molar-refractivity contribution >= 4 is 5.91 Å². The molecule has 0 fully saturated rings. The van der Waals surface area contributed by atoms with Crippen LogP contribution in [0.3, 0.4) is 0 Å². The zero-order valence-electron chi connectivity index (χ0n) is 12.9. The Kier molecular flexibility index (Phi) is 8.12. The fourth-order valence-electron chi connectivity index (χ4n) is 2.18. The fourth-order valence-corrected chi connectivity index (χ4v) is 2.18. The number of hydrogen-bond acceptors (Lipinski definition) is 3. The summed E-state index contributed by atoms with van der Waals surface area (Å²) in [6.45, 7) is 6.76. The summed E-state index contributed by atoms with van der Waals surface area (Å²) in [4.78, 5) is 14.9. The second-order valence-electron chi connectivity index (χ2n) is 5.42. The number of nitrogens with one attached hydrogen (secondary N) is 1. The number of amides is 1. The molecule has 7 heteroatoms. The molecule has 0 rings (SSSR count). The van der Waals surface area contributed by atoms with E-state index in [1.807, 2.05) is 27.7 Å². The van der Waals surface area contributed by atoms with Crippen molar-refractivity contribution in [1.82, 2.24) is 15.1 Å². The van der Waals surface area contributed by atoms with Gasteiger partial charge >= 0.3 is 6.18 Å². The number of halogens is 3. The highest BCUT2D eigenvalue weighted by molar-refractivity contribution is 5.78. The Morgan fingerprint density at radius 3 is 2.00 bits per heavy atom. The molecule has 0 unspecified atom stereocenters. The maximum absolute atomic E-state index is 12.5. The molecular formula is C13H26F3N3O. The van der Waals surface area contributed by atoms with Gasteiger partial charge in [-0.3, -0.25) is 9.69 Å². The highest BCUT2D eigenvalue weighted by Crippen LogP contribution is 2.16. The van der Waals surface area contributed by atoms with Crippen molar-refractivity contribution in [2.75, 3.05) is 33.2 Å². The second-order valence-corrected chi connectivity index (χ2v) is 5.42. The Morgan fingerprint density at radius 2 is 1.65 bits per heavy atom. The quantitative estimate of drug-likeness (QED) is 0.741. The summed E-state index contributed by atoms with van der Waals surface area (Å²) in [5.41, 5.74) is 0. The van der Waals surface area contributed by atoms with E-state index in [9.17, 15) is 18.0 Å². The van der Waals surface area contributed by atoms with Gasteiger partial charge < -0.3 is 10.2 Å². The smallest absolute Gasteiger partial charge is 0.337 e. The lowest BCUT2D eigenvalue weighted by molar-refractivity contribution is -0.152. The van der Waals surface area contributed by atoms with Crippen LogP contribution < -0.4 is 5.32 Å². The third kappa shape index (κ3) is 7.69. The molecule has 0 aliphatic heterocycles. The third-order valence-corrected chi connectivity index (χ3v) is 2.84. The van der Waals surface area contributed by atoms with Crippen molar-refractivity contribution in [3.63, 3.8) is 0 Å². The third-order valence-electron chi connectivity index (χ3n) is 2.84. The van der Waals surface area contributed by atoms with Gasteiger partial charge in [-0.15, -0.1) is 0 Å². The first-order valence-corrected chi connectivity index (χ1v) is 6.83. The number of carbonyl (C=O) groups excluding carboxylic acids is 1. The number of rotatable bonds is 8. The fraction of sp³-hybridized carbons (Fsp3) is 0.923. The zero-order valence-corrected chi connectivity index (χ0v) is 12.9. The highest BCUT2D eigenvalue weighted by atomic mass is 19.4. The molecule has 4 nitrogen and oxygen atoms in total. The molecule has 0 heterocycles. The number of alkyl halides is 3. The molecule has 0 atom stereocenters. The molecule has 0 radical (unpaired) electrons. The van der Waals surface area contributed by atoms with Gasteiger partial charge in [-0.1, -0.05) is 0 Å². The van der Waals surface area contributed by atoms with Gasteiger partial charge in [0.2, 0.25) is 5.91 Å². The Morgan fingerprint density at radius 1 is 1.15 bits per heavy atom. The Hall–Kier alpha value is -0.820. The summed E-state index contributed by atoms with van der Waals surface area (Å²) in [6.07, 6.45) is -4.30. The molecule has 1 amide bonds. The van der Waals surface area contributed by atoms with E-state index in [1.54, 1.807) is 11.9 Å². The lowest BCUT2D eigenvalue weighted by Crippen LogP contribution is -2.49. The van der Waals surface area contributed by atoms with Crippen LogP contribution in [0, 0.1) is 0 Å². The van der Waals surface area contributed by atoms with E-state index in [0.717, 1.165) is 4.90 Å². The number of nitrogens with zero attached hydrogens (tertiary/aromatic N) is 2. The van der Waals surface area contributed by atoms with E-state index in [-0.39, 0.29) is 31.1 Å². The summed E-state index contributed by atoms with van der Waals surface area (Å²) in [5, 5.41) is 2.80. The van der Waals surface area contributed by atoms with Gasteiger partial charge in [0.25, 0.3) is 0 Å².